The van der Waals surface area contributed by atoms with Crippen molar-refractivity contribution in [1.29, 1.82) is 0 Å². The Bertz CT molecular complexity index is 672. The number of benzene rings is 2. The van der Waals surface area contributed by atoms with E-state index in [4.69, 9.17) is 10.5 Å². The lowest BCUT2D eigenvalue weighted by atomic mass is 10.1. The van der Waals surface area contributed by atoms with Crippen molar-refractivity contribution >= 4 is 5.91 Å². The lowest BCUT2D eigenvalue weighted by Crippen LogP contribution is -2.40. The Kier molecular flexibility index (Phi) is 4.63. The number of nitrogens with zero attached hydrogens (tertiary/aromatic N) is 1. The van der Waals surface area contributed by atoms with Crippen molar-refractivity contribution in [3.63, 3.8) is 0 Å². The van der Waals surface area contributed by atoms with Gasteiger partial charge in [-0.1, -0.05) is 36.4 Å². The molecule has 4 nitrogen and oxygen atoms in total. The molecule has 2 atom stereocenters. The predicted octanol–water partition coefficient (Wildman–Crippen LogP) is 2.83. The summed E-state index contributed by atoms with van der Waals surface area (Å²) in [4.78, 5) is 14.5. The van der Waals surface area contributed by atoms with Crippen LogP contribution >= 0.6 is 0 Å². The summed E-state index contributed by atoms with van der Waals surface area (Å²) in [6.07, 6.45) is 0.858. The van der Waals surface area contributed by atoms with Gasteiger partial charge in [-0.2, -0.15) is 0 Å². The van der Waals surface area contributed by atoms with Crippen molar-refractivity contribution < 1.29 is 9.53 Å². The first-order valence-corrected chi connectivity index (χ1v) is 7.98. The molecule has 120 valence electrons. The molecule has 1 amide bonds. The molecule has 1 aliphatic heterocycles. The van der Waals surface area contributed by atoms with E-state index < -0.39 is 0 Å². The van der Waals surface area contributed by atoms with Crippen LogP contribution in [-0.4, -0.2) is 29.4 Å². The second kappa shape index (κ2) is 6.84. The van der Waals surface area contributed by atoms with Gasteiger partial charge in [-0.15, -0.1) is 0 Å². The molecule has 2 aromatic carbocycles. The third kappa shape index (κ3) is 3.54. The SMILES string of the molecule is CC1C(N)CCN1C(=O)c1cccc(OCc2ccccc2)c1. The highest BCUT2D eigenvalue weighted by Crippen LogP contribution is 2.21. The van der Waals surface area contributed by atoms with Crippen LogP contribution in [0.15, 0.2) is 54.6 Å². The summed E-state index contributed by atoms with van der Waals surface area (Å²) in [6, 6.07) is 17.5. The average Bonchev–Trinajstić information content (AvgIpc) is 2.93. The summed E-state index contributed by atoms with van der Waals surface area (Å²) in [7, 11) is 0. The van der Waals surface area contributed by atoms with Crippen molar-refractivity contribution in [2.24, 2.45) is 5.73 Å². The molecule has 4 heteroatoms. The quantitative estimate of drug-likeness (QED) is 0.945. The fourth-order valence-corrected chi connectivity index (χ4v) is 2.88. The number of carbonyl (C=O) groups excluding carboxylic acids is 1. The van der Waals surface area contributed by atoms with Crippen molar-refractivity contribution in [1.82, 2.24) is 4.90 Å². The summed E-state index contributed by atoms with van der Waals surface area (Å²) in [5, 5.41) is 0. The predicted molar refractivity (Wildman–Crippen MR) is 90.3 cm³/mol. The van der Waals surface area contributed by atoms with E-state index in [9.17, 15) is 4.79 Å². The van der Waals surface area contributed by atoms with Crippen LogP contribution in [0.2, 0.25) is 0 Å². The Morgan fingerprint density at radius 3 is 2.70 bits per heavy atom. The van der Waals surface area contributed by atoms with E-state index in [2.05, 4.69) is 0 Å². The Morgan fingerprint density at radius 1 is 1.22 bits per heavy atom. The molecule has 2 N–H and O–H groups in total. The van der Waals surface area contributed by atoms with Gasteiger partial charge in [0.05, 0.1) is 0 Å². The van der Waals surface area contributed by atoms with Gasteiger partial charge in [-0.3, -0.25) is 4.79 Å². The van der Waals surface area contributed by atoms with E-state index in [0.717, 1.165) is 18.5 Å². The Labute approximate surface area is 136 Å². The highest BCUT2D eigenvalue weighted by Gasteiger charge is 2.31. The Hall–Kier alpha value is -2.33. The number of amides is 1. The van der Waals surface area contributed by atoms with E-state index in [1.54, 1.807) is 0 Å². The fourth-order valence-electron chi connectivity index (χ4n) is 2.88. The van der Waals surface area contributed by atoms with Crippen molar-refractivity contribution in [3.05, 3.63) is 65.7 Å². The van der Waals surface area contributed by atoms with Crippen LogP contribution in [0.4, 0.5) is 0 Å². The smallest absolute Gasteiger partial charge is 0.254 e. The average molecular weight is 310 g/mol. The maximum absolute atomic E-state index is 12.6. The summed E-state index contributed by atoms with van der Waals surface area (Å²) in [5.74, 6) is 0.728. The molecule has 0 spiro atoms. The molecule has 1 aliphatic rings. The normalized spacial score (nSPS) is 20.5. The summed E-state index contributed by atoms with van der Waals surface area (Å²) < 4.78 is 5.80. The molecule has 0 saturated carbocycles. The number of ether oxygens (including phenoxy) is 1. The van der Waals surface area contributed by atoms with Crippen LogP contribution in [0.5, 0.6) is 5.75 Å². The van der Waals surface area contributed by atoms with Crippen LogP contribution in [0.25, 0.3) is 0 Å². The van der Waals surface area contributed by atoms with Gasteiger partial charge in [-0.25, -0.2) is 0 Å². The molecule has 0 aromatic heterocycles. The van der Waals surface area contributed by atoms with Gasteiger partial charge in [0.1, 0.15) is 12.4 Å². The van der Waals surface area contributed by atoms with E-state index in [1.165, 1.54) is 0 Å². The first-order chi connectivity index (χ1) is 11.1. The minimum absolute atomic E-state index is 0.0237. The van der Waals surface area contributed by atoms with Gasteiger partial charge in [0.25, 0.3) is 5.91 Å². The van der Waals surface area contributed by atoms with E-state index in [0.29, 0.717) is 17.9 Å². The highest BCUT2D eigenvalue weighted by atomic mass is 16.5. The first-order valence-electron chi connectivity index (χ1n) is 7.98. The third-order valence-corrected chi connectivity index (χ3v) is 4.40. The van der Waals surface area contributed by atoms with Crippen LogP contribution < -0.4 is 10.5 Å². The van der Waals surface area contributed by atoms with Gasteiger partial charge in [0.2, 0.25) is 0 Å². The summed E-state index contributed by atoms with van der Waals surface area (Å²) >= 11 is 0. The van der Waals surface area contributed by atoms with Crippen molar-refractivity contribution in [2.75, 3.05) is 6.54 Å². The molecule has 1 fully saturated rings. The zero-order valence-electron chi connectivity index (χ0n) is 13.3. The lowest BCUT2D eigenvalue weighted by molar-refractivity contribution is 0.0742. The molecule has 1 heterocycles. The zero-order valence-corrected chi connectivity index (χ0v) is 13.3. The number of carbonyl (C=O) groups is 1. The minimum Gasteiger partial charge on any atom is -0.489 e. The first kappa shape index (κ1) is 15.6. The lowest BCUT2D eigenvalue weighted by Gasteiger charge is -2.23. The maximum atomic E-state index is 12.6. The van der Waals surface area contributed by atoms with Crippen molar-refractivity contribution in [2.45, 2.75) is 32.0 Å². The zero-order chi connectivity index (χ0) is 16.2. The standard InChI is InChI=1S/C19H22N2O2/c1-14-18(20)10-11-21(14)19(22)16-8-5-9-17(12-16)23-13-15-6-3-2-4-7-15/h2-9,12,14,18H,10-11,13,20H2,1H3. The summed E-state index contributed by atoms with van der Waals surface area (Å²) in [5.41, 5.74) is 7.76. The van der Waals surface area contributed by atoms with E-state index in [1.807, 2.05) is 66.4 Å². The van der Waals surface area contributed by atoms with Gasteiger partial charge in [0.15, 0.2) is 0 Å². The molecule has 3 rings (SSSR count). The topological polar surface area (TPSA) is 55.6 Å². The Balaban J connectivity index is 1.68. The monoisotopic (exact) mass is 310 g/mol. The molecule has 0 aliphatic carbocycles. The second-order valence-electron chi connectivity index (χ2n) is 5.99. The number of hydrogen-bond donors (Lipinski definition) is 1. The molecular weight excluding hydrogens is 288 g/mol. The van der Waals surface area contributed by atoms with Gasteiger partial charge in [-0.05, 0) is 37.1 Å². The third-order valence-electron chi connectivity index (χ3n) is 4.40. The summed E-state index contributed by atoms with van der Waals surface area (Å²) in [6.45, 7) is 3.21. The minimum atomic E-state index is 0.0237. The largest absolute Gasteiger partial charge is 0.489 e. The van der Waals surface area contributed by atoms with Crippen LogP contribution in [0.3, 0.4) is 0 Å². The molecule has 0 radical (unpaired) electrons. The number of hydrogen-bond acceptors (Lipinski definition) is 3. The van der Waals surface area contributed by atoms with Crippen LogP contribution in [-0.2, 0) is 6.61 Å². The van der Waals surface area contributed by atoms with Crippen LogP contribution in [0.1, 0.15) is 29.3 Å². The molecular formula is C19H22N2O2. The Morgan fingerprint density at radius 2 is 2.00 bits per heavy atom. The van der Waals surface area contributed by atoms with E-state index in [-0.39, 0.29) is 18.0 Å². The molecule has 0 bridgehead atoms. The molecule has 2 unspecified atom stereocenters. The fraction of sp³-hybridized carbons (Fsp3) is 0.316. The second-order valence-corrected chi connectivity index (χ2v) is 5.99. The number of likely N-dealkylation sites (tertiary alicyclic amines) is 1. The van der Waals surface area contributed by atoms with E-state index >= 15 is 0 Å². The van der Waals surface area contributed by atoms with Crippen molar-refractivity contribution in [3.8, 4) is 5.75 Å². The highest BCUT2D eigenvalue weighted by molar-refractivity contribution is 5.95. The maximum Gasteiger partial charge on any atom is 0.254 e. The van der Waals surface area contributed by atoms with Gasteiger partial charge < -0.3 is 15.4 Å². The van der Waals surface area contributed by atoms with Gasteiger partial charge in [0, 0.05) is 24.2 Å². The molecule has 1 saturated heterocycles. The van der Waals surface area contributed by atoms with Gasteiger partial charge >= 0.3 is 0 Å². The number of rotatable bonds is 4. The van der Waals surface area contributed by atoms with Crippen LogP contribution in [0, 0.1) is 0 Å². The molecule has 23 heavy (non-hydrogen) atoms. The molecule has 2 aromatic rings. The number of nitrogens with two attached hydrogens (primary N) is 1.